The molecule has 116 valence electrons. The Hall–Kier alpha value is -2.57. The number of fused-ring (bicyclic) bond motifs is 1. The second kappa shape index (κ2) is 5.67. The largest absolute Gasteiger partial charge is 0.347 e. The standard InChI is InChI=1S/C15H18N4O3/c1-18-6-7-19(15(18)22)9-14(21)17-12-8-13(20)16-11-5-3-2-4-10(11)12/h2-5,12H,6-9H2,1H3,(H,16,20)(H,17,21)/t12-/m1/s1. The first-order valence-electron chi connectivity index (χ1n) is 7.23. The average molecular weight is 302 g/mol. The Bertz CT molecular complexity index is 631. The Morgan fingerprint density at radius 1 is 1.32 bits per heavy atom. The van der Waals surface area contributed by atoms with Crippen molar-refractivity contribution in [1.29, 1.82) is 0 Å². The molecule has 2 heterocycles. The van der Waals surface area contributed by atoms with E-state index in [1.54, 1.807) is 11.9 Å². The molecule has 1 fully saturated rings. The van der Waals surface area contributed by atoms with E-state index in [1.165, 1.54) is 4.90 Å². The summed E-state index contributed by atoms with van der Waals surface area (Å²) in [6, 6.07) is 6.90. The highest BCUT2D eigenvalue weighted by Crippen LogP contribution is 2.29. The van der Waals surface area contributed by atoms with Gasteiger partial charge in [0.2, 0.25) is 11.8 Å². The Labute approximate surface area is 128 Å². The van der Waals surface area contributed by atoms with E-state index >= 15 is 0 Å². The molecule has 1 saturated heterocycles. The first-order valence-corrected chi connectivity index (χ1v) is 7.23. The van der Waals surface area contributed by atoms with Crippen LogP contribution in [-0.2, 0) is 9.59 Å². The Morgan fingerprint density at radius 3 is 2.82 bits per heavy atom. The molecule has 0 unspecified atom stereocenters. The van der Waals surface area contributed by atoms with Gasteiger partial charge < -0.3 is 20.4 Å². The summed E-state index contributed by atoms with van der Waals surface area (Å²) in [5.74, 6) is -0.376. The summed E-state index contributed by atoms with van der Waals surface area (Å²) in [6.07, 6.45) is 0.205. The third-order valence-corrected chi connectivity index (χ3v) is 3.97. The zero-order valence-corrected chi connectivity index (χ0v) is 12.3. The lowest BCUT2D eigenvalue weighted by Crippen LogP contribution is -2.42. The van der Waals surface area contributed by atoms with E-state index < -0.39 is 0 Å². The number of rotatable bonds is 3. The minimum atomic E-state index is -0.354. The topological polar surface area (TPSA) is 81.8 Å². The molecule has 0 radical (unpaired) electrons. The number of benzene rings is 1. The normalized spacial score (nSPS) is 20.7. The third-order valence-electron chi connectivity index (χ3n) is 3.97. The number of hydrogen-bond acceptors (Lipinski definition) is 3. The number of carbonyl (C=O) groups is 3. The van der Waals surface area contributed by atoms with Gasteiger partial charge in [-0.3, -0.25) is 9.59 Å². The highest BCUT2D eigenvalue weighted by atomic mass is 16.2. The van der Waals surface area contributed by atoms with E-state index in [1.807, 2.05) is 24.3 Å². The molecule has 1 aromatic carbocycles. The van der Waals surface area contributed by atoms with Crippen molar-refractivity contribution in [2.24, 2.45) is 0 Å². The molecule has 2 aliphatic heterocycles. The van der Waals surface area contributed by atoms with Gasteiger partial charge in [0.1, 0.15) is 6.54 Å². The van der Waals surface area contributed by atoms with Crippen LogP contribution >= 0.6 is 0 Å². The van der Waals surface area contributed by atoms with Crippen molar-refractivity contribution in [3.05, 3.63) is 29.8 Å². The molecule has 0 saturated carbocycles. The molecule has 7 heteroatoms. The zero-order chi connectivity index (χ0) is 15.7. The monoisotopic (exact) mass is 302 g/mol. The van der Waals surface area contributed by atoms with E-state index in [-0.39, 0.29) is 36.9 Å². The van der Waals surface area contributed by atoms with Gasteiger partial charge in [0.15, 0.2) is 0 Å². The lowest BCUT2D eigenvalue weighted by atomic mass is 9.97. The molecule has 7 nitrogen and oxygen atoms in total. The maximum Gasteiger partial charge on any atom is 0.320 e. The van der Waals surface area contributed by atoms with Gasteiger partial charge >= 0.3 is 6.03 Å². The first kappa shape index (κ1) is 14.4. The molecule has 0 spiro atoms. The molecule has 4 amide bonds. The third kappa shape index (κ3) is 2.74. The SMILES string of the molecule is CN1CCN(CC(=O)N[C@@H]2CC(=O)Nc3ccccc32)C1=O. The van der Waals surface area contributed by atoms with Gasteiger partial charge in [-0.25, -0.2) is 4.79 Å². The van der Waals surface area contributed by atoms with E-state index in [0.717, 1.165) is 11.3 Å². The van der Waals surface area contributed by atoms with E-state index in [2.05, 4.69) is 10.6 Å². The Morgan fingerprint density at radius 2 is 2.09 bits per heavy atom. The minimum Gasteiger partial charge on any atom is -0.347 e. The van der Waals surface area contributed by atoms with Crippen LogP contribution in [0.4, 0.5) is 10.5 Å². The van der Waals surface area contributed by atoms with E-state index in [0.29, 0.717) is 13.1 Å². The number of likely N-dealkylation sites (N-methyl/N-ethyl adjacent to an activating group) is 1. The highest BCUT2D eigenvalue weighted by molar-refractivity contribution is 5.95. The predicted molar refractivity (Wildman–Crippen MR) is 80.2 cm³/mol. The molecule has 0 aromatic heterocycles. The van der Waals surface area contributed by atoms with Crippen molar-refractivity contribution in [2.45, 2.75) is 12.5 Å². The van der Waals surface area contributed by atoms with Gasteiger partial charge in [-0.05, 0) is 11.6 Å². The van der Waals surface area contributed by atoms with Crippen molar-refractivity contribution in [3.8, 4) is 0 Å². The van der Waals surface area contributed by atoms with Crippen LogP contribution in [0.15, 0.2) is 24.3 Å². The lowest BCUT2D eigenvalue weighted by molar-refractivity contribution is -0.123. The fourth-order valence-electron chi connectivity index (χ4n) is 2.80. The molecule has 1 aromatic rings. The number of carbonyl (C=O) groups excluding carboxylic acids is 3. The molecule has 1 atom stereocenters. The summed E-state index contributed by atoms with van der Waals surface area (Å²) in [7, 11) is 1.71. The number of para-hydroxylation sites is 1. The van der Waals surface area contributed by atoms with Crippen LogP contribution in [0.1, 0.15) is 18.0 Å². The minimum absolute atomic E-state index is 0.0173. The van der Waals surface area contributed by atoms with Crippen molar-refractivity contribution < 1.29 is 14.4 Å². The number of hydrogen-bond donors (Lipinski definition) is 2. The van der Waals surface area contributed by atoms with Crippen LogP contribution in [-0.4, -0.2) is 54.3 Å². The summed E-state index contributed by atoms with van der Waals surface area (Å²) in [4.78, 5) is 38.8. The second-order valence-electron chi connectivity index (χ2n) is 5.59. The number of nitrogens with one attached hydrogen (secondary N) is 2. The van der Waals surface area contributed by atoms with Crippen LogP contribution in [0.25, 0.3) is 0 Å². The molecule has 3 rings (SSSR count). The highest BCUT2D eigenvalue weighted by Gasteiger charge is 2.30. The maximum atomic E-state index is 12.2. The predicted octanol–water partition coefficient (Wildman–Crippen LogP) is 0.554. The molecule has 0 bridgehead atoms. The number of amides is 4. The van der Waals surface area contributed by atoms with Crippen LogP contribution in [0, 0.1) is 0 Å². The summed E-state index contributed by atoms with van der Waals surface area (Å²) >= 11 is 0. The fraction of sp³-hybridized carbons (Fsp3) is 0.400. The van der Waals surface area contributed by atoms with Gasteiger partial charge in [-0.15, -0.1) is 0 Å². The van der Waals surface area contributed by atoms with Gasteiger partial charge in [-0.2, -0.15) is 0 Å². The van der Waals surface area contributed by atoms with Crippen molar-refractivity contribution in [1.82, 2.24) is 15.1 Å². The van der Waals surface area contributed by atoms with Crippen molar-refractivity contribution >= 4 is 23.5 Å². The van der Waals surface area contributed by atoms with Crippen molar-refractivity contribution in [2.75, 3.05) is 32.0 Å². The number of urea groups is 1. The summed E-state index contributed by atoms with van der Waals surface area (Å²) in [6.45, 7) is 1.19. The lowest BCUT2D eigenvalue weighted by Gasteiger charge is -2.27. The summed E-state index contributed by atoms with van der Waals surface area (Å²) < 4.78 is 0. The van der Waals surface area contributed by atoms with Crippen LogP contribution in [0.3, 0.4) is 0 Å². The van der Waals surface area contributed by atoms with Crippen LogP contribution < -0.4 is 10.6 Å². The Balaban J connectivity index is 1.67. The first-order chi connectivity index (χ1) is 10.5. The van der Waals surface area contributed by atoms with Gasteiger partial charge in [0.05, 0.1) is 12.5 Å². The Kier molecular flexibility index (Phi) is 3.70. The van der Waals surface area contributed by atoms with E-state index in [4.69, 9.17) is 0 Å². The second-order valence-corrected chi connectivity index (χ2v) is 5.59. The van der Waals surface area contributed by atoms with Gasteiger partial charge in [-0.1, -0.05) is 18.2 Å². The smallest absolute Gasteiger partial charge is 0.320 e. The number of anilines is 1. The average Bonchev–Trinajstić information content (AvgIpc) is 2.79. The van der Waals surface area contributed by atoms with Gasteiger partial charge in [0.25, 0.3) is 0 Å². The molecule has 22 heavy (non-hydrogen) atoms. The molecular formula is C15H18N4O3. The van der Waals surface area contributed by atoms with Gasteiger partial charge in [0, 0.05) is 25.8 Å². The molecule has 2 N–H and O–H groups in total. The molecule has 0 aliphatic carbocycles. The quantitative estimate of drug-likeness (QED) is 0.855. The van der Waals surface area contributed by atoms with Crippen LogP contribution in [0.5, 0.6) is 0 Å². The van der Waals surface area contributed by atoms with Crippen molar-refractivity contribution in [3.63, 3.8) is 0 Å². The molecule has 2 aliphatic rings. The zero-order valence-electron chi connectivity index (χ0n) is 12.3. The van der Waals surface area contributed by atoms with E-state index in [9.17, 15) is 14.4 Å². The summed E-state index contributed by atoms with van der Waals surface area (Å²) in [5, 5.41) is 5.64. The fourth-order valence-corrected chi connectivity index (χ4v) is 2.80. The molecular weight excluding hydrogens is 284 g/mol. The number of nitrogens with zero attached hydrogens (tertiary/aromatic N) is 2. The maximum absolute atomic E-state index is 12.2. The summed E-state index contributed by atoms with van der Waals surface area (Å²) in [5.41, 5.74) is 1.61. The van der Waals surface area contributed by atoms with Crippen LogP contribution in [0.2, 0.25) is 0 Å².